The minimum absolute atomic E-state index is 0. The van der Waals surface area contributed by atoms with E-state index in [4.69, 9.17) is 5.73 Å². The lowest BCUT2D eigenvalue weighted by molar-refractivity contribution is -0.379. The van der Waals surface area contributed by atoms with Gasteiger partial charge in [-0.3, -0.25) is 18.3 Å². The largest absolute Gasteiger partial charge is 0.870 e. The first-order valence-electron chi connectivity index (χ1n) is 15.2. The van der Waals surface area contributed by atoms with Crippen LogP contribution in [0.4, 0.5) is 11.4 Å². The Morgan fingerprint density at radius 2 is 0.860 bits per heavy atom. The van der Waals surface area contributed by atoms with Crippen LogP contribution >= 0.6 is 31.9 Å². The first kappa shape index (κ1) is 34.1. The van der Waals surface area contributed by atoms with E-state index in [1.54, 1.807) is 42.5 Å². The van der Waals surface area contributed by atoms with Crippen LogP contribution in [0.25, 0.3) is 44.8 Å². The minimum atomic E-state index is -0.234. The summed E-state index contributed by atoms with van der Waals surface area (Å²) in [6, 6.07) is 44.9. The molecule has 0 aliphatic carbocycles. The molecule has 10 nitrogen and oxygen atoms in total. The number of para-hydroxylation sites is 6. The molecule has 248 valence electrons. The zero-order chi connectivity index (χ0) is 34.1. The lowest BCUT2D eigenvalue weighted by atomic mass is 10.2. The number of nitrogens with two attached hydrogens (primary N) is 1. The number of halogens is 2. The Kier molecular flexibility index (Phi) is 9.77. The van der Waals surface area contributed by atoms with Gasteiger partial charge in [0.25, 0.3) is 5.69 Å². The van der Waals surface area contributed by atoms with E-state index in [1.807, 2.05) is 127 Å². The number of anilines is 1. The first-order valence-corrected chi connectivity index (χ1v) is 16.8. The van der Waals surface area contributed by atoms with Gasteiger partial charge < -0.3 is 11.2 Å². The number of aromatic nitrogens is 4. The van der Waals surface area contributed by atoms with Crippen LogP contribution in [0.15, 0.2) is 164 Å². The van der Waals surface area contributed by atoms with Crippen molar-refractivity contribution in [2.45, 2.75) is 0 Å². The van der Waals surface area contributed by atoms with Crippen molar-refractivity contribution < 1.29 is 10.7 Å². The van der Waals surface area contributed by atoms with E-state index in [-0.39, 0.29) is 16.9 Å². The molecule has 0 unspecified atom stereocenters. The number of nitrogens with one attached hydrogen (secondary N) is 1. The molecule has 0 aliphatic rings. The van der Waals surface area contributed by atoms with Crippen molar-refractivity contribution in [2.24, 2.45) is 0 Å². The number of nitrogen functional groups attached to an aromatic ring is 1. The van der Waals surface area contributed by atoms with E-state index in [0.717, 1.165) is 42.4 Å². The molecule has 0 fully saturated rings. The number of nitrogens with zero attached hydrogens (tertiary/aromatic N) is 4. The summed E-state index contributed by atoms with van der Waals surface area (Å²) in [5.74, 6) is 0. The van der Waals surface area contributed by atoms with Crippen LogP contribution in [-0.2, 0) is 0 Å². The molecule has 0 saturated carbocycles. The first-order chi connectivity index (χ1) is 23.9. The van der Waals surface area contributed by atoms with Crippen molar-refractivity contribution in [2.75, 3.05) is 5.73 Å². The standard InChI is InChI=1S/C19H12BrN3O2.C19H14BrN3O.H2O/c20-13-10-11-15(21-25)18(12-13)23-17-9-5-4-8-16(17)22(19(23)24)14-6-2-1-3-7-14;20-13-10-11-15(21)18(12-13)23-17-9-5-4-8-16(17)22(19(23)24)14-6-2-1-3-7-14;/h1-12H;1-12H,21H2;1H2. The van der Waals surface area contributed by atoms with E-state index in [0.29, 0.717) is 22.7 Å². The quantitative estimate of drug-likeness (QED) is 0.181. The van der Waals surface area contributed by atoms with Crippen molar-refractivity contribution in [3.8, 4) is 22.7 Å². The number of benzene rings is 6. The summed E-state index contributed by atoms with van der Waals surface area (Å²) in [5, 5.41) is 1.92. The molecule has 12 heteroatoms. The van der Waals surface area contributed by atoms with Gasteiger partial charge in [-0.1, -0.05) is 92.5 Å². The van der Waals surface area contributed by atoms with Gasteiger partial charge in [0.15, 0.2) is 0 Å². The molecule has 2 aromatic heterocycles. The van der Waals surface area contributed by atoms with Crippen LogP contribution in [0, 0.1) is 4.91 Å². The predicted octanol–water partition coefficient (Wildman–Crippen LogP) is 6.97. The van der Waals surface area contributed by atoms with E-state index in [2.05, 4.69) is 31.9 Å². The summed E-state index contributed by atoms with van der Waals surface area (Å²) in [5.41, 5.74) is 12.6. The number of hydrogen-bond acceptors (Lipinski definition) is 5. The van der Waals surface area contributed by atoms with Crippen LogP contribution in [0.2, 0.25) is 0 Å². The van der Waals surface area contributed by atoms with Crippen LogP contribution in [0.3, 0.4) is 0 Å². The van der Waals surface area contributed by atoms with Crippen molar-refractivity contribution in [1.82, 2.24) is 18.3 Å². The number of hydrogen-bond donors (Lipinski definition) is 2. The second kappa shape index (κ2) is 14.3. The Hall–Kier alpha value is -5.82. The van der Waals surface area contributed by atoms with Gasteiger partial charge in [0.2, 0.25) is 0 Å². The van der Waals surface area contributed by atoms with Crippen molar-refractivity contribution >= 4 is 65.3 Å². The Labute approximate surface area is 301 Å². The molecular formula is C38H28Br2N6O4. The maximum absolute atomic E-state index is 13.2. The lowest BCUT2D eigenvalue weighted by Crippen LogP contribution is -2.56. The monoisotopic (exact) mass is 790 g/mol. The van der Waals surface area contributed by atoms with Gasteiger partial charge in [0.05, 0.1) is 44.8 Å². The fourth-order valence-electron chi connectivity index (χ4n) is 5.90. The Bertz CT molecular complexity index is 2610. The molecule has 6 aromatic carbocycles. The SMILES string of the molecule is Nc1ccc(Br)cc1-n1c(=O)n(-c2ccccc2)c2ccccc21.O=[NH+]c1ccc(Br)cc1-n1c(=O)n(-c2ccccc2)c2ccccc21.[OH-]. The summed E-state index contributed by atoms with van der Waals surface area (Å²) >= 11 is 6.87. The Morgan fingerprint density at radius 3 is 1.32 bits per heavy atom. The fraction of sp³-hybridized carbons (Fsp3) is 0. The molecule has 0 amide bonds. The predicted molar refractivity (Wildman–Crippen MR) is 203 cm³/mol. The molecule has 2 heterocycles. The highest BCUT2D eigenvalue weighted by atomic mass is 79.9. The summed E-state index contributed by atoms with van der Waals surface area (Å²) in [6.45, 7) is 0. The maximum atomic E-state index is 13.2. The smallest absolute Gasteiger partial charge is 0.338 e. The highest BCUT2D eigenvalue weighted by Crippen LogP contribution is 2.28. The number of imidazole rings is 2. The second-order valence-corrected chi connectivity index (χ2v) is 12.9. The normalized spacial score (nSPS) is 10.8. The van der Waals surface area contributed by atoms with Crippen molar-refractivity contribution in [3.63, 3.8) is 0 Å². The third-order valence-corrected chi connectivity index (χ3v) is 9.05. The third kappa shape index (κ3) is 6.11. The number of fused-ring (bicyclic) bond motifs is 2. The molecule has 0 saturated heterocycles. The van der Waals surface area contributed by atoms with Gasteiger partial charge in [-0.25, -0.2) is 9.59 Å². The molecule has 0 bridgehead atoms. The molecule has 8 rings (SSSR count). The van der Waals surface area contributed by atoms with Crippen LogP contribution < -0.4 is 22.3 Å². The van der Waals surface area contributed by atoms with E-state index in [9.17, 15) is 14.5 Å². The fourth-order valence-corrected chi connectivity index (χ4v) is 6.60. The molecule has 50 heavy (non-hydrogen) atoms. The summed E-state index contributed by atoms with van der Waals surface area (Å²) in [6.07, 6.45) is 0. The highest BCUT2D eigenvalue weighted by molar-refractivity contribution is 9.10. The minimum Gasteiger partial charge on any atom is -0.870 e. The highest BCUT2D eigenvalue weighted by Gasteiger charge is 2.21. The van der Waals surface area contributed by atoms with Crippen LogP contribution in [0.5, 0.6) is 0 Å². The molecule has 0 spiro atoms. The average Bonchev–Trinajstić information content (AvgIpc) is 3.59. The van der Waals surface area contributed by atoms with E-state index >= 15 is 0 Å². The van der Waals surface area contributed by atoms with E-state index in [1.165, 1.54) is 0 Å². The molecule has 8 aromatic rings. The van der Waals surface area contributed by atoms with Gasteiger partial charge in [-0.05, 0) is 78.9 Å². The van der Waals surface area contributed by atoms with Crippen LogP contribution in [-0.4, -0.2) is 23.7 Å². The van der Waals surface area contributed by atoms with E-state index < -0.39 is 0 Å². The zero-order valence-corrected chi connectivity index (χ0v) is 29.3. The summed E-state index contributed by atoms with van der Waals surface area (Å²) < 4.78 is 8.20. The molecule has 0 radical (unpaired) electrons. The van der Waals surface area contributed by atoms with Crippen LogP contribution in [0.1, 0.15) is 0 Å². The number of nitroso groups, excluding NO2 is 1. The van der Waals surface area contributed by atoms with Gasteiger partial charge in [-0.2, -0.15) is 0 Å². The molecule has 4 N–H and O–H groups in total. The second-order valence-electron chi connectivity index (χ2n) is 11.0. The van der Waals surface area contributed by atoms with Crippen molar-refractivity contribution in [3.05, 3.63) is 180 Å². The molecule has 0 atom stereocenters. The lowest BCUT2D eigenvalue weighted by Gasteiger charge is -2.07. The number of rotatable bonds is 5. The third-order valence-electron chi connectivity index (χ3n) is 8.07. The maximum Gasteiger partial charge on any atom is 0.338 e. The van der Waals surface area contributed by atoms with Gasteiger partial charge in [0, 0.05) is 25.1 Å². The molecule has 0 aliphatic heterocycles. The van der Waals surface area contributed by atoms with Crippen molar-refractivity contribution in [1.29, 1.82) is 0 Å². The Balaban J connectivity index is 0.000000170. The topological polar surface area (TPSA) is 141 Å². The summed E-state index contributed by atoms with van der Waals surface area (Å²) in [4.78, 5) is 37.8. The Morgan fingerprint density at radius 1 is 0.480 bits per heavy atom. The molecular weight excluding hydrogens is 764 g/mol. The zero-order valence-electron chi connectivity index (χ0n) is 26.2. The summed E-state index contributed by atoms with van der Waals surface area (Å²) in [7, 11) is 0. The van der Waals surface area contributed by atoms with Gasteiger partial charge in [-0.15, -0.1) is 0 Å². The van der Waals surface area contributed by atoms with Gasteiger partial charge in [0.1, 0.15) is 5.69 Å². The van der Waals surface area contributed by atoms with Gasteiger partial charge >= 0.3 is 11.4 Å². The average molecular weight is 792 g/mol.